The molecule has 0 radical (unpaired) electrons. The average molecular weight is 721 g/mol. The van der Waals surface area contributed by atoms with Gasteiger partial charge in [0.05, 0.1) is 31.0 Å². The van der Waals surface area contributed by atoms with Crippen molar-refractivity contribution in [2.24, 2.45) is 23.7 Å². The van der Waals surface area contributed by atoms with Gasteiger partial charge in [-0.1, -0.05) is 83.5 Å². The number of carbonyl (C=O) groups excluding carboxylic acids is 4. The number of hydrogen-bond acceptors (Lipinski definition) is 6. The Bertz CT molecular complexity index is 1950. The number of amides is 4. The molecule has 4 amide bonds. The molecule has 2 aliphatic rings. The number of likely N-dealkylation sites (tertiary alicyclic amines) is 1. The second-order valence-corrected chi connectivity index (χ2v) is 15.3. The standard InChI is InChI=1S/C42H52N6O5/c1-24(2)26(5)41(51)48-20-8-11-36(48)38-43-23-35(45-38)28-14-12-27(13-15-28)29-16-17-31-22-32(19-18-30(31)21-29)44-39(49)33-9-7-10-34(33)46-40(50)37(25(3)4)47-42(52)53-6/h12-19,21-26,33-34,36-37H,7-11,20H2,1-6H3,(H,43,45)(H,44,49)(H,46,50)(H,47,52)/t26-,33+,34+,36-,37-/m0/s1. The minimum Gasteiger partial charge on any atom is -0.453 e. The van der Waals surface area contributed by atoms with E-state index < -0.39 is 12.1 Å². The Labute approximate surface area is 311 Å². The molecule has 4 N–H and O–H groups in total. The molecule has 1 aliphatic carbocycles. The lowest BCUT2D eigenvalue weighted by Crippen LogP contribution is -2.53. The first kappa shape index (κ1) is 37.6. The highest BCUT2D eigenvalue weighted by Crippen LogP contribution is 2.35. The van der Waals surface area contributed by atoms with E-state index in [1.54, 1.807) is 0 Å². The number of nitrogens with one attached hydrogen (secondary N) is 4. The lowest BCUT2D eigenvalue weighted by molar-refractivity contribution is -0.137. The number of aromatic nitrogens is 2. The summed E-state index contributed by atoms with van der Waals surface area (Å²) in [6.45, 7) is 10.7. The molecule has 1 saturated carbocycles. The Morgan fingerprint density at radius 1 is 0.830 bits per heavy atom. The molecule has 11 nitrogen and oxygen atoms in total. The first-order chi connectivity index (χ1) is 25.4. The molecule has 280 valence electrons. The largest absolute Gasteiger partial charge is 0.453 e. The first-order valence-corrected chi connectivity index (χ1v) is 18.9. The van der Waals surface area contributed by atoms with Crippen LogP contribution in [0, 0.1) is 23.7 Å². The van der Waals surface area contributed by atoms with Gasteiger partial charge in [0, 0.05) is 24.2 Å². The van der Waals surface area contributed by atoms with E-state index >= 15 is 0 Å². The van der Waals surface area contributed by atoms with E-state index in [0.717, 1.165) is 64.8 Å². The van der Waals surface area contributed by atoms with Gasteiger partial charge in [-0.15, -0.1) is 0 Å². The molecule has 3 aromatic carbocycles. The van der Waals surface area contributed by atoms with Gasteiger partial charge in [-0.3, -0.25) is 14.4 Å². The summed E-state index contributed by atoms with van der Waals surface area (Å²) < 4.78 is 4.68. The van der Waals surface area contributed by atoms with Crippen molar-refractivity contribution in [3.05, 3.63) is 72.7 Å². The third-order valence-electron chi connectivity index (χ3n) is 11.1. The van der Waals surface area contributed by atoms with Gasteiger partial charge in [-0.25, -0.2) is 9.78 Å². The molecule has 0 unspecified atom stereocenters. The highest BCUT2D eigenvalue weighted by atomic mass is 16.5. The van der Waals surface area contributed by atoms with E-state index in [9.17, 15) is 19.2 Å². The molecule has 1 aliphatic heterocycles. The van der Waals surface area contributed by atoms with E-state index in [2.05, 4.69) is 82.0 Å². The van der Waals surface area contributed by atoms with Crippen LogP contribution in [0.25, 0.3) is 33.2 Å². The predicted molar refractivity (Wildman–Crippen MR) is 207 cm³/mol. The highest BCUT2D eigenvalue weighted by molar-refractivity contribution is 5.97. The monoisotopic (exact) mass is 720 g/mol. The maximum Gasteiger partial charge on any atom is 0.407 e. The number of fused-ring (bicyclic) bond motifs is 1. The topological polar surface area (TPSA) is 146 Å². The third-order valence-corrected chi connectivity index (χ3v) is 11.1. The Kier molecular flexibility index (Phi) is 11.5. The van der Waals surface area contributed by atoms with Crippen molar-refractivity contribution in [1.29, 1.82) is 0 Å². The zero-order chi connectivity index (χ0) is 37.8. The number of benzene rings is 3. The molecule has 1 aromatic heterocycles. The number of imidazole rings is 1. The van der Waals surface area contributed by atoms with Crippen LogP contribution in [0.5, 0.6) is 0 Å². The van der Waals surface area contributed by atoms with Crippen LogP contribution in [0.2, 0.25) is 0 Å². The summed E-state index contributed by atoms with van der Waals surface area (Å²) in [5.74, 6) is 0.344. The fourth-order valence-electron chi connectivity index (χ4n) is 7.53. The van der Waals surface area contributed by atoms with Crippen molar-refractivity contribution in [1.82, 2.24) is 25.5 Å². The van der Waals surface area contributed by atoms with Gasteiger partial charge in [0.1, 0.15) is 11.9 Å². The zero-order valence-electron chi connectivity index (χ0n) is 31.6. The summed E-state index contributed by atoms with van der Waals surface area (Å²) in [6, 6.07) is 19.5. The van der Waals surface area contributed by atoms with E-state index in [0.29, 0.717) is 24.4 Å². The SMILES string of the molecule is COC(=O)N[C@H](C(=O)N[C@@H]1CCC[C@H]1C(=O)Nc1ccc2cc(-c3ccc(-c4cnc([C@@H]5CCCN5C(=O)[C@@H](C)C(C)C)[nH]4)cc3)ccc2c1)C(C)C. The summed E-state index contributed by atoms with van der Waals surface area (Å²) >= 11 is 0. The second-order valence-electron chi connectivity index (χ2n) is 15.3. The van der Waals surface area contributed by atoms with Crippen molar-refractivity contribution in [2.75, 3.05) is 19.0 Å². The van der Waals surface area contributed by atoms with Crippen LogP contribution < -0.4 is 16.0 Å². The van der Waals surface area contributed by atoms with Gasteiger partial charge in [-0.05, 0) is 83.2 Å². The molecule has 2 fully saturated rings. The van der Waals surface area contributed by atoms with Gasteiger partial charge < -0.3 is 30.6 Å². The van der Waals surface area contributed by atoms with E-state index in [-0.39, 0.29) is 47.6 Å². The zero-order valence-corrected chi connectivity index (χ0v) is 31.6. The predicted octanol–water partition coefficient (Wildman–Crippen LogP) is 7.46. The number of H-pyrrole nitrogens is 1. The number of carbonyl (C=O) groups is 4. The van der Waals surface area contributed by atoms with Crippen LogP contribution >= 0.6 is 0 Å². The van der Waals surface area contributed by atoms with Crippen LogP contribution in [0.3, 0.4) is 0 Å². The van der Waals surface area contributed by atoms with Gasteiger partial charge in [0.15, 0.2) is 0 Å². The number of anilines is 1. The lowest BCUT2D eigenvalue weighted by atomic mass is 9.96. The molecule has 4 aromatic rings. The summed E-state index contributed by atoms with van der Waals surface area (Å²) in [7, 11) is 1.26. The normalized spacial score (nSPS) is 19.7. The van der Waals surface area contributed by atoms with Crippen molar-refractivity contribution < 1.29 is 23.9 Å². The Balaban J connectivity index is 1.09. The maximum atomic E-state index is 13.4. The lowest BCUT2D eigenvalue weighted by Gasteiger charge is -2.27. The fraction of sp³-hybridized carbons (Fsp3) is 0.452. The average Bonchev–Trinajstić information content (AvgIpc) is 3.94. The van der Waals surface area contributed by atoms with Crippen molar-refractivity contribution in [3.63, 3.8) is 0 Å². The van der Waals surface area contributed by atoms with Crippen LogP contribution in [-0.4, -0.2) is 64.4 Å². The van der Waals surface area contributed by atoms with Gasteiger partial charge in [0.2, 0.25) is 17.7 Å². The van der Waals surface area contributed by atoms with Gasteiger partial charge in [-0.2, -0.15) is 0 Å². The summed E-state index contributed by atoms with van der Waals surface area (Å²) in [4.78, 5) is 61.6. The minimum absolute atomic E-state index is 0.0171. The molecular formula is C42H52N6O5. The Morgan fingerprint density at radius 2 is 1.53 bits per heavy atom. The second kappa shape index (κ2) is 16.2. The number of methoxy groups -OCH3 is 1. The number of rotatable bonds is 11. The Morgan fingerprint density at radius 3 is 2.25 bits per heavy atom. The van der Waals surface area contributed by atoms with Crippen LogP contribution in [0.15, 0.2) is 66.9 Å². The highest BCUT2D eigenvalue weighted by Gasteiger charge is 2.37. The molecule has 1 saturated heterocycles. The van der Waals surface area contributed by atoms with Gasteiger partial charge >= 0.3 is 6.09 Å². The van der Waals surface area contributed by atoms with Crippen molar-refractivity contribution in [3.8, 4) is 22.4 Å². The van der Waals surface area contributed by atoms with E-state index in [4.69, 9.17) is 4.98 Å². The molecule has 2 heterocycles. The van der Waals surface area contributed by atoms with Crippen molar-refractivity contribution >= 4 is 40.3 Å². The third kappa shape index (κ3) is 8.40. The fourth-order valence-corrected chi connectivity index (χ4v) is 7.53. The molecule has 6 rings (SSSR count). The maximum absolute atomic E-state index is 13.4. The van der Waals surface area contributed by atoms with Gasteiger partial charge in [0.25, 0.3) is 0 Å². The molecule has 0 bridgehead atoms. The van der Waals surface area contributed by atoms with E-state index in [1.165, 1.54) is 7.11 Å². The Hall–Kier alpha value is -5.19. The van der Waals surface area contributed by atoms with Crippen LogP contribution in [-0.2, 0) is 19.1 Å². The summed E-state index contributed by atoms with van der Waals surface area (Å²) in [6.07, 6.45) is 5.27. The summed E-state index contributed by atoms with van der Waals surface area (Å²) in [5, 5.41) is 10.7. The van der Waals surface area contributed by atoms with Crippen molar-refractivity contribution in [2.45, 2.75) is 84.8 Å². The number of nitrogens with zero attached hydrogens (tertiary/aromatic N) is 2. The molecule has 11 heteroatoms. The minimum atomic E-state index is -0.759. The number of aromatic amines is 1. The van der Waals surface area contributed by atoms with Crippen LogP contribution in [0.4, 0.5) is 10.5 Å². The molecule has 5 atom stereocenters. The van der Waals surface area contributed by atoms with Crippen LogP contribution in [0.1, 0.15) is 78.6 Å². The molecule has 0 spiro atoms. The van der Waals surface area contributed by atoms with E-state index in [1.807, 2.05) is 50.1 Å². The number of alkyl carbamates (subject to hydrolysis) is 1. The molecular weight excluding hydrogens is 668 g/mol. The number of hydrogen-bond donors (Lipinski definition) is 4. The smallest absolute Gasteiger partial charge is 0.407 e. The first-order valence-electron chi connectivity index (χ1n) is 18.9. The quantitative estimate of drug-likeness (QED) is 0.127. The summed E-state index contributed by atoms with van der Waals surface area (Å²) in [5.41, 5.74) is 4.82. The molecule has 53 heavy (non-hydrogen) atoms. The number of ether oxygens (including phenoxy) is 1.